The average Bonchev–Trinajstić information content (AvgIpc) is 2.50. The predicted molar refractivity (Wildman–Crippen MR) is 75.2 cm³/mol. The van der Waals surface area contributed by atoms with Gasteiger partial charge in [0, 0.05) is 13.6 Å². The largest absolute Gasteiger partial charge is 0.497 e. The van der Waals surface area contributed by atoms with Crippen molar-refractivity contribution in [2.45, 2.75) is 19.5 Å². The first-order valence-corrected chi connectivity index (χ1v) is 6.51. The van der Waals surface area contributed by atoms with Gasteiger partial charge in [-0.1, -0.05) is 12.1 Å². The maximum Gasteiger partial charge on any atom is 0.278 e. The lowest BCUT2D eigenvalue weighted by Crippen LogP contribution is -2.93. The van der Waals surface area contributed by atoms with Gasteiger partial charge in [-0.25, -0.2) is 0 Å². The number of hydrogen-bond acceptors (Lipinski definition) is 3. The summed E-state index contributed by atoms with van der Waals surface area (Å²) in [6.45, 7) is 2.47. The Morgan fingerprint density at radius 2 is 1.95 bits per heavy atom. The van der Waals surface area contributed by atoms with E-state index in [1.807, 2.05) is 24.3 Å². The summed E-state index contributed by atoms with van der Waals surface area (Å²) in [5.74, 6) is 0.594. The van der Waals surface area contributed by atoms with Crippen LogP contribution in [0.1, 0.15) is 12.5 Å². The number of benzene rings is 1. The molecule has 0 aliphatic carbocycles. The van der Waals surface area contributed by atoms with Crippen LogP contribution < -0.4 is 20.7 Å². The van der Waals surface area contributed by atoms with E-state index in [0.717, 1.165) is 11.3 Å². The summed E-state index contributed by atoms with van der Waals surface area (Å²) < 4.78 is 5.07. The van der Waals surface area contributed by atoms with Gasteiger partial charge in [0.2, 0.25) is 0 Å². The zero-order valence-corrected chi connectivity index (χ0v) is 12.1. The standard InChI is InChI=1S/C14H21N3O3/c1-10(16-9-13(18)15-2)14(19)17-8-11-4-6-12(20-3)7-5-11/h4-7,10,16H,8-9H2,1-3H3,(H,15,18)(H,17,19)/p+1/t10-/m0/s1. The van der Waals surface area contributed by atoms with Crippen molar-refractivity contribution < 1.29 is 19.6 Å². The van der Waals surface area contributed by atoms with Crippen LogP contribution in [0, 0.1) is 0 Å². The van der Waals surface area contributed by atoms with Gasteiger partial charge in [-0.2, -0.15) is 0 Å². The Morgan fingerprint density at radius 3 is 2.50 bits per heavy atom. The third-order valence-electron chi connectivity index (χ3n) is 2.97. The summed E-state index contributed by atoms with van der Waals surface area (Å²) in [4.78, 5) is 22.9. The van der Waals surface area contributed by atoms with Crippen molar-refractivity contribution in [1.29, 1.82) is 0 Å². The number of ether oxygens (including phenoxy) is 1. The highest BCUT2D eigenvalue weighted by atomic mass is 16.5. The first-order chi connectivity index (χ1) is 9.56. The van der Waals surface area contributed by atoms with E-state index in [0.29, 0.717) is 6.54 Å². The third kappa shape index (κ3) is 5.27. The summed E-state index contributed by atoms with van der Waals surface area (Å²) in [5, 5.41) is 7.05. The molecule has 0 saturated carbocycles. The molecule has 0 spiro atoms. The fourth-order valence-corrected chi connectivity index (χ4v) is 1.59. The van der Waals surface area contributed by atoms with Gasteiger partial charge in [0.05, 0.1) is 7.11 Å². The van der Waals surface area contributed by atoms with Crippen molar-refractivity contribution in [1.82, 2.24) is 10.6 Å². The number of methoxy groups -OCH3 is 1. The lowest BCUT2D eigenvalue weighted by Gasteiger charge is -2.11. The van der Waals surface area contributed by atoms with Gasteiger partial charge >= 0.3 is 0 Å². The van der Waals surface area contributed by atoms with Crippen LogP contribution in [-0.4, -0.2) is 38.6 Å². The molecule has 0 fully saturated rings. The molecule has 2 amide bonds. The van der Waals surface area contributed by atoms with Crippen LogP contribution in [0.25, 0.3) is 0 Å². The molecule has 20 heavy (non-hydrogen) atoms. The summed E-state index contributed by atoms with van der Waals surface area (Å²) in [6, 6.07) is 7.20. The second kappa shape index (κ2) is 8.16. The minimum absolute atomic E-state index is 0.0929. The fraction of sp³-hybridized carbons (Fsp3) is 0.429. The normalized spacial score (nSPS) is 11.6. The molecule has 110 valence electrons. The van der Waals surface area contributed by atoms with Crippen molar-refractivity contribution in [3.8, 4) is 5.75 Å². The number of nitrogens with one attached hydrogen (secondary N) is 2. The molecular formula is C14H22N3O3+. The number of likely N-dealkylation sites (N-methyl/N-ethyl adjacent to an activating group) is 1. The maximum atomic E-state index is 11.8. The Balaban J connectivity index is 2.35. The molecule has 0 aliphatic heterocycles. The molecule has 0 bridgehead atoms. The zero-order chi connectivity index (χ0) is 15.0. The second-order valence-electron chi connectivity index (χ2n) is 4.47. The molecule has 0 heterocycles. The van der Waals surface area contributed by atoms with Gasteiger partial charge in [0.1, 0.15) is 5.75 Å². The number of carbonyl (C=O) groups excluding carboxylic acids is 2. The Labute approximate surface area is 118 Å². The molecule has 0 radical (unpaired) electrons. The first kappa shape index (κ1) is 16.0. The monoisotopic (exact) mass is 280 g/mol. The fourth-order valence-electron chi connectivity index (χ4n) is 1.59. The van der Waals surface area contributed by atoms with Crippen LogP contribution in [0.5, 0.6) is 5.75 Å². The molecule has 6 nitrogen and oxygen atoms in total. The molecule has 1 aromatic rings. The van der Waals surface area contributed by atoms with E-state index in [-0.39, 0.29) is 24.4 Å². The average molecular weight is 280 g/mol. The van der Waals surface area contributed by atoms with Crippen molar-refractivity contribution >= 4 is 11.8 Å². The van der Waals surface area contributed by atoms with Gasteiger partial charge in [0.25, 0.3) is 11.8 Å². The summed E-state index contributed by atoms with van der Waals surface area (Å²) >= 11 is 0. The number of hydrogen-bond donors (Lipinski definition) is 3. The molecule has 1 atom stereocenters. The van der Waals surface area contributed by atoms with Gasteiger partial charge in [0.15, 0.2) is 12.6 Å². The molecule has 4 N–H and O–H groups in total. The summed E-state index contributed by atoms with van der Waals surface area (Å²) in [5.41, 5.74) is 0.998. The first-order valence-electron chi connectivity index (χ1n) is 6.51. The van der Waals surface area contributed by atoms with E-state index in [4.69, 9.17) is 4.74 Å². The molecule has 6 heteroatoms. The van der Waals surface area contributed by atoms with E-state index in [2.05, 4.69) is 10.6 Å². The molecule has 1 rings (SSSR count). The highest BCUT2D eigenvalue weighted by Gasteiger charge is 2.16. The number of amides is 2. The van der Waals surface area contributed by atoms with Crippen LogP contribution in [0.2, 0.25) is 0 Å². The van der Waals surface area contributed by atoms with Gasteiger partial charge in [-0.05, 0) is 24.6 Å². The van der Waals surface area contributed by atoms with E-state index >= 15 is 0 Å². The van der Waals surface area contributed by atoms with Crippen molar-refractivity contribution in [2.24, 2.45) is 0 Å². The third-order valence-corrected chi connectivity index (χ3v) is 2.97. The van der Waals surface area contributed by atoms with Crippen LogP contribution in [0.4, 0.5) is 0 Å². The van der Waals surface area contributed by atoms with Crippen LogP contribution in [-0.2, 0) is 16.1 Å². The van der Waals surface area contributed by atoms with E-state index in [1.165, 1.54) is 0 Å². The Bertz CT molecular complexity index is 445. The number of quaternary nitrogens is 1. The Morgan fingerprint density at radius 1 is 1.30 bits per heavy atom. The Kier molecular flexibility index (Phi) is 6.52. The topological polar surface area (TPSA) is 84.0 Å². The number of nitrogens with two attached hydrogens (primary N) is 1. The highest BCUT2D eigenvalue weighted by Crippen LogP contribution is 2.10. The maximum absolute atomic E-state index is 11.8. The highest BCUT2D eigenvalue weighted by molar-refractivity contribution is 5.80. The molecule has 0 saturated heterocycles. The lowest BCUT2D eigenvalue weighted by atomic mass is 10.2. The summed E-state index contributed by atoms with van der Waals surface area (Å²) in [7, 11) is 3.19. The van der Waals surface area contributed by atoms with E-state index < -0.39 is 0 Å². The quantitative estimate of drug-likeness (QED) is 0.599. The van der Waals surface area contributed by atoms with Crippen LogP contribution in [0.3, 0.4) is 0 Å². The zero-order valence-electron chi connectivity index (χ0n) is 12.1. The SMILES string of the molecule is CNC(=O)C[NH2+][C@@H](C)C(=O)NCc1ccc(OC)cc1. The Hall–Kier alpha value is -2.08. The second-order valence-corrected chi connectivity index (χ2v) is 4.47. The van der Waals surface area contributed by atoms with E-state index in [9.17, 15) is 9.59 Å². The smallest absolute Gasteiger partial charge is 0.278 e. The molecule has 1 aromatic carbocycles. The predicted octanol–water partition coefficient (Wildman–Crippen LogP) is -0.991. The lowest BCUT2D eigenvalue weighted by molar-refractivity contribution is -0.663. The number of carbonyl (C=O) groups is 2. The van der Waals surface area contributed by atoms with Gasteiger partial charge in [-0.3, -0.25) is 9.59 Å². The number of rotatable bonds is 7. The molecular weight excluding hydrogens is 258 g/mol. The van der Waals surface area contributed by atoms with Crippen LogP contribution in [0.15, 0.2) is 24.3 Å². The van der Waals surface area contributed by atoms with Crippen molar-refractivity contribution in [3.63, 3.8) is 0 Å². The van der Waals surface area contributed by atoms with Crippen molar-refractivity contribution in [2.75, 3.05) is 20.7 Å². The van der Waals surface area contributed by atoms with Crippen LogP contribution >= 0.6 is 0 Å². The minimum Gasteiger partial charge on any atom is -0.497 e. The molecule has 0 aromatic heterocycles. The summed E-state index contributed by atoms with van der Waals surface area (Å²) in [6.07, 6.45) is 0. The molecule has 0 unspecified atom stereocenters. The van der Waals surface area contributed by atoms with Gasteiger partial charge < -0.3 is 20.7 Å². The molecule has 0 aliphatic rings. The van der Waals surface area contributed by atoms with Gasteiger partial charge in [-0.15, -0.1) is 0 Å². The van der Waals surface area contributed by atoms with E-state index in [1.54, 1.807) is 26.4 Å². The van der Waals surface area contributed by atoms with Crippen molar-refractivity contribution in [3.05, 3.63) is 29.8 Å². The minimum atomic E-state index is -0.300.